The van der Waals surface area contributed by atoms with Crippen molar-refractivity contribution in [3.63, 3.8) is 0 Å². The number of amides is 1. The van der Waals surface area contributed by atoms with E-state index in [0.29, 0.717) is 5.56 Å². The van der Waals surface area contributed by atoms with Gasteiger partial charge in [0.25, 0.3) is 5.91 Å². The van der Waals surface area contributed by atoms with Gasteiger partial charge < -0.3 is 25.6 Å². The van der Waals surface area contributed by atoms with Crippen molar-refractivity contribution >= 4 is 29.5 Å². The number of aromatic nitrogens is 2. The van der Waals surface area contributed by atoms with Crippen LogP contribution >= 0.6 is 0 Å². The SMILES string of the molecule is Cc1cc(C(=O)Nc2cc(-c3ccccc3-c3cnc[nH]3)ccc2C(=O)O)c(C(=O)O)cc1C(=O)O. The third-order valence-electron chi connectivity index (χ3n) is 5.59. The number of rotatable bonds is 7. The molecule has 10 heteroatoms. The van der Waals surface area contributed by atoms with Crippen LogP contribution in [0.25, 0.3) is 22.4 Å². The van der Waals surface area contributed by atoms with E-state index in [4.69, 9.17) is 0 Å². The molecule has 0 spiro atoms. The van der Waals surface area contributed by atoms with Crippen LogP contribution in [0.4, 0.5) is 5.69 Å². The quantitative estimate of drug-likeness (QED) is 0.256. The summed E-state index contributed by atoms with van der Waals surface area (Å²) in [4.78, 5) is 55.2. The van der Waals surface area contributed by atoms with Gasteiger partial charge in [-0.25, -0.2) is 19.4 Å². The molecule has 0 aliphatic rings. The highest BCUT2D eigenvalue weighted by molar-refractivity contribution is 6.13. The summed E-state index contributed by atoms with van der Waals surface area (Å²) in [5.41, 5.74) is 1.70. The molecule has 4 aromatic rings. The summed E-state index contributed by atoms with van der Waals surface area (Å²) in [5, 5.41) is 31.0. The fourth-order valence-electron chi connectivity index (χ4n) is 3.87. The van der Waals surface area contributed by atoms with Gasteiger partial charge in [-0.2, -0.15) is 0 Å². The number of imidazole rings is 1. The summed E-state index contributed by atoms with van der Waals surface area (Å²) in [5.74, 6) is -5.02. The summed E-state index contributed by atoms with van der Waals surface area (Å²) in [6.07, 6.45) is 3.17. The predicted molar refractivity (Wildman–Crippen MR) is 129 cm³/mol. The molecule has 0 atom stereocenters. The fraction of sp³-hybridized carbons (Fsp3) is 0.0385. The van der Waals surface area contributed by atoms with Crippen LogP contribution < -0.4 is 5.32 Å². The van der Waals surface area contributed by atoms with Gasteiger partial charge >= 0.3 is 17.9 Å². The van der Waals surface area contributed by atoms with Crippen molar-refractivity contribution in [3.05, 3.63) is 94.9 Å². The second-order valence-electron chi connectivity index (χ2n) is 7.85. The van der Waals surface area contributed by atoms with Crippen molar-refractivity contribution in [1.82, 2.24) is 9.97 Å². The molecule has 1 heterocycles. The summed E-state index contributed by atoms with van der Waals surface area (Å²) in [6, 6.07) is 13.8. The van der Waals surface area contributed by atoms with Crippen LogP contribution in [-0.2, 0) is 0 Å². The monoisotopic (exact) mass is 485 g/mol. The molecule has 5 N–H and O–H groups in total. The van der Waals surface area contributed by atoms with E-state index in [0.717, 1.165) is 29.0 Å². The average molecular weight is 485 g/mol. The highest BCUT2D eigenvalue weighted by Gasteiger charge is 2.23. The van der Waals surface area contributed by atoms with Gasteiger partial charge in [0.05, 0.1) is 46.2 Å². The van der Waals surface area contributed by atoms with Crippen molar-refractivity contribution in [3.8, 4) is 22.4 Å². The first-order valence-corrected chi connectivity index (χ1v) is 10.6. The topological polar surface area (TPSA) is 170 Å². The Morgan fingerprint density at radius 3 is 2.06 bits per heavy atom. The maximum atomic E-state index is 13.1. The Morgan fingerprint density at radius 2 is 1.44 bits per heavy atom. The maximum Gasteiger partial charge on any atom is 0.337 e. The number of benzene rings is 3. The average Bonchev–Trinajstić information content (AvgIpc) is 3.38. The standard InChI is InChI=1S/C26H19N3O7/c1-13-8-19(20(26(35)36)10-18(13)25(33)34)23(30)29-21-9-14(6-7-17(21)24(31)32)15-4-2-3-5-16(15)22-11-27-12-28-22/h2-12H,1H3,(H,27,28)(H,29,30)(H,31,32)(H,33,34)(H,35,36). The lowest BCUT2D eigenvalue weighted by molar-refractivity contribution is 0.0680. The molecule has 10 nitrogen and oxygen atoms in total. The number of H-pyrrole nitrogens is 1. The van der Waals surface area contributed by atoms with E-state index in [2.05, 4.69) is 15.3 Å². The second kappa shape index (κ2) is 9.55. The van der Waals surface area contributed by atoms with E-state index in [1.807, 2.05) is 24.3 Å². The lowest BCUT2D eigenvalue weighted by Gasteiger charge is -2.15. The summed E-state index contributed by atoms with van der Waals surface area (Å²) in [7, 11) is 0. The van der Waals surface area contributed by atoms with Crippen molar-refractivity contribution in [2.75, 3.05) is 5.32 Å². The van der Waals surface area contributed by atoms with Crippen LogP contribution in [0.5, 0.6) is 0 Å². The molecule has 0 aliphatic heterocycles. The lowest BCUT2D eigenvalue weighted by atomic mass is 9.95. The molecule has 0 bridgehead atoms. The van der Waals surface area contributed by atoms with Crippen molar-refractivity contribution in [2.24, 2.45) is 0 Å². The summed E-state index contributed by atoms with van der Waals surface area (Å²) >= 11 is 0. The third kappa shape index (κ3) is 4.55. The summed E-state index contributed by atoms with van der Waals surface area (Å²) in [6.45, 7) is 1.43. The third-order valence-corrected chi connectivity index (χ3v) is 5.59. The van der Waals surface area contributed by atoms with Crippen molar-refractivity contribution < 1.29 is 34.5 Å². The normalized spacial score (nSPS) is 10.6. The minimum absolute atomic E-state index is 0.0549. The molecule has 3 aromatic carbocycles. The zero-order valence-electron chi connectivity index (χ0n) is 18.8. The van der Waals surface area contributed by atoms with Gasteiger partial charge in [-0.3, -0.25) is 4.79 Å². The Morgan fingerprint density at radius 1 is 0.778 bits per heavy atom. The molecule has 0 saturated heterocycles. The number of carboxylic acid groups (broad SMARTS) is 3. The number of carboxylic acids is 3. The number of anilines is 1. The number of aromatic carboxylic acids is 3. The van der Waals surface area contributed by atoms with E-state index in [9.17, 15) is 34.5 Å². The van der Waals surface area contributed by atoms with Crippen LogP contribution in [0.3, 0.4) is 0 Å². The number of aryl methyl sites for hydroxylation is 1. The molecule has 1 amide bonds. The van der Waals surface area contributed by atoms with Crippen LogP contribution in [0.1, 0.15) is 47.0 Å². The number of hydrogen-bond donors (Lipinski definition) is 5. The largest absolute Gasteiger partial charge is 0.478 e. The Kier molecular flexibility index (Phi) is 6.34. The lowest BCUT2D eigenvalue weighted by Crippen LogP contribution is -2.19. The highest BCUT2D eigenvalue weighted by Crippen LogP contribution is 2.33. The molecule has 0 unspecified atom stereocenters. The van der Waals surface area contributed by atoms with Gasteiger partial charge in [-0.1, -0.05) is 30.3 Å². The fourth-order valence-corrected chi connectivity index (χ4v) is 3.87. The number of nitrogens with one attached hydrogen (secondary N) is 2. The second-order valence-corrected chi connectivity index (χ2v) is 7.85. The first-order chi connectivity index (χ1) is 17.2. The highest BCUT2D eigenvalue weighted by atomic mass is 16.4. The van der Waals surface area contributed by atoms with Crippen molar-refractivity contribution in [1.29, 1.82) is 0 Å². The molecular formula is C26H19N3O7. The van der Waals surface area contributed by atoms with E-state index in [1.54, 1.807) is 12.3 Å². The van der Waals surface area contributed by atoms with E-state index in [-0.39, 0.29) is 27.9 Å². The Hall–Kier alpha value is -5.25. The molecule has 36 heavy (non-hydrogen) atoms. The van der Waals surface area contributed by atoms with E-state index in [1.165, 1.54) is 25.4 Å². The minimum Gasteiger partial charge on any atom is -0.478 e. The smallest absolute Gasteiger partial charge is 0.337 e. The van der Waals surface area contributed by atoms with Crippen LogP contribution in [0.15, 0.2) is 67.1 Å². The number of carbonyl (C=O) groups excluding carboxylic acids is 1. The molecule has 0 saturated carbocycles. The van der Waals surface area contributed by atoms with Gasteiger partial charge in [-0.15, -0.1) is 0 Å². The van der Waals surface area contributed by atoms with Gasteiger partial charge in [-0.05, 0) is 47.9 Å². The number of nitrogens with zero attached hydrogens (tertiary/aromatic N) is 1. The first-order valence-electron chi connectivity index (χ1n) is 10.6. The van der Waals surface area contributed by atoms with E-state index < -0.39 is 29.4 Å². The van der Waals surface area contributed by atoms with Gasteiger partial charge in [0.2, 0.25) is 0 Å². The first kappa shape index (κ1) is 23.9. The molecule has 0 aliphatic carbocycles. The predicted octanol–water partition coefficient (Wildman–Crippen LogP) is 4.40. The molecule has 1 aromatic heterocycles. The summed E-state index contributed by atoms with van der Waals surface area (Å²) < 4.78 is 0. The molecular weight excluding hydrogens is 466 g/mol. The van der Waals surface area contributed by atoms with Gasteiger partial charge in [0, 0.05) is 5.56 Å². The van der Waals surface area contributed by atoms with Crippen molar-refractivity contribution in [2.45, 2.75) is 6.92 Å². The zero-order chi connectivity index (χ0) is 26.0. The van der Waals surface area contributed by atoms with Gasteiger partial charge in [0.1, 0.15) is 0 Å². The number of carbonyl (C=O) groups is 4. The minimum atomic E-state index is -1.50. The molecule has 180 valence electrons. The van der Waals surface area contributed by atoms with Crippen LogP contribution in [0.2, 0.25) is 0 Å². The zero-order valence-corrected chi connectivity index (χ0v) is 18.8. The van der Waals surface area contributed by atoms with Crippen LogP contribution in [-0.4, -0.2) is 49.1 Å². The van der Waals surface area contributed by atoms with E-state index >= 15 is 0 Å². The molecule has 0 radical (unpaired) electrons. The number of hydrogen-bond acceptors (Lipinski definition) is 5. The maximum absolute atomic E-state index is 13.1. The molecule has 0 fully saturated rings. The van der Waals surface area contributed by atoms with Crippen LogP contribution in [0, 0.1) is 6.92 Å². The Balaban J connectivity index is 1.80. The Bertz CT molecular complexity index is 1520. The Labute approximate surface area is 203 Å². The van der Waals surface area contributed by atoms with Gasteiger partial charge in [0.15, 0.2) is 0 Å². The number of aromatic amines is 1. The molecule has 4 rings (SSSR count).